The smallest absolute Gasteiger partial charge is 0.422 e. The lowest BCUT2D eigenvalue weighted by Crippen LogP contribution is -2.21. The van der Waals surface area contributed by atoms with Crippen molar-refractivity contribution >= 4 is 23.2 Å². The van der Waals surface area contributed by atoms with Gasteiger partial charge in [0, 0.05) is 0 Å². The molecule has 3 N–H and O–H groups in total. The number of ether oxygens (including phenoxy) is 1. The van der Waals surface area contributed by atoms with Gasteiger partial charge in [-0.3, -0.25) is 9.89 Å². The van der Waals surface area contributed by atoms with Crippen molar-refractivity contribution in [1.29, 1.82) is 0 Å². The van der Waals surface area contributed by atoms with Gasteiger partial charge in [-0.15, -0.1) is 0 Å². The van der Waals surface area contributed by atoms with Crippen LogP contribution in [0.4, 0.5) is 23.2 Å². The lowest BCUT2D eigenvalue weighted by Gasteiger charge is -2.15. The molecule has 0 unspecified atom stereocenters. The molecule has 0 aliphatic rings. The van der Waals surface area contributed by atoms with Gasteiger partial charge < -0.3 is 19.6 Å². The predicted octanol–water partition coefficient (Wildman–Crippen LogP) is 4.89. The summed E-state index contributed by atoms with van der Waals surface area (Å²) in [6.07, 6.45) is -4.72. The number of aliphatic hydroxyl groups is 1. The summed E-state index contributed by atoms with van der Waals surface area (Å²) in [6.45, 7) is 4.15. The Balaban J connectivity index is 2.07. The molecular formula is C20H19ClF4N4O4. The lowest BCUT2D eigenvalue weighted by atomic mass is 10.0. The zero-order valence-corrected chi connectivity index (χ0v) is 18.6. The fraction of sp³-hybridized carbons (Fsp3) is 0.350. The van der Waals surface area contributed by atoms with Crippen LogP contribution in [-0.2, 0) is 5.60 Å². The average molecular weight is 491 g/mol. The minimum atomic E-state index is -4.72. The second-order valence-electron chi connectivity index (χ2n) is 7.67. The average Bonchev–Trinajstić information content (AvgIpc) is 3.23. The maximum atomic E-state index is 15.0. The van der Waals surface area contributed by atoms with E-state index in [-0.39, 0.29) is 33.7 Å². The van der Waals surface area contributed by atoms with Crippen LogP contribution >= 0.6 is 11.6 Å². The Morgan fingerprint density at radius 1 is 1.30 bits per heavy atom. The number of aromatic nitrogens is 3. The fourth-order valence-electron chi connectivity index (χ4n) is 2.98. The van der Waals surface area contributed by atoms with Crippen LogP contribution in [0.2, 0.25) is 5.15 Å². The van der Waals surface area contributed by atoms with Crippen LogP contribution in [-0.4, -0.2) is 39.0 Å². The van der Waals surface area contributed by atoms with Crippen molar-refractivity contribution in [2.24, 2.45) is 0 Å². The molecule has 8 nitrogen and oxygen atoms in total. The van der Waals surface area contributed by atoms with E-state index in [0.29, 0.717) is 11.8 Å². The molecule has 3 rings (SSSR count). The SMILES string of the molecule is Cc1n[nH]c(Cl)c1NC(=O)c1cc(F)c(-c2nc(C(C)(C)O)c(C)o2)cc1OCC(F)(F)F. The Morgan fingerprint density at radius 3 is 2.48 bits per heavy atom. The van der Waals surface area contributed by atoms with Crippen LogP contribution in [0.5, 0.6) is 5.75 Å². The van der Waals surface area contributed by atoms with Gasteiger partial charge in [0.25, 0.3) is 5.91 Å². The minimum Gasteiger partial charge on any atom is -0.483 e. The van der Waals surface area contributed by atoms with Gasteiger partial charge in [-0.2, -0.15) is 18.3 Å². The number of hydrogen-bond donors (Lipinski definition) is 3. The van der Waals surface area contributed by atoms with E-state index in [0.717, 1.165) is 6.07 Å². The number of carbonyl (C=O) groups excluding carboxylic acids is 1. The van der Waals surface area contributed by atoms with E-state index in [1.807, 2.05) is 0 Å². The maximum Gasteiger partial charge on any atom is 0.422 e. The first-order valence-electron chi connectivity index (χ1n) is 9.43. The van der Waals surface area contributed by atoms with Crippen LogP contribution < -0.4 is 10.1 Å². The van der Waals surface area contributed by atoms with Gasteiger partial charge in [0.05, 0.1) is 16.8 Å². The number of rotatable bonds is 6. The van der Waals surface area contributed by atoms with Crippen LogP contribution in [0.25, 0.3) is 11.5 Å². The molecule has 178 valence electrons. The van der Waals surface area contributed by atoms with E-state index < -0.39 is 41.4 Å². The third-order valence-corrected chi connectivity index (χ3v) is 4.73. The second kappa shape index (κ2) is 8.67. The van der Waals surface area contributed by atoms with Crippen molar-refractivity contribution in [3.63, 3.8) is 0 Å². The summed E-state index contributed by atoms with van der Waals surface area (Å²) >= 11 is 5.90. The topological polar surface area (TPSA) is 113 Å². The molecular weight excluding hydrogens is 472 g/mol. The number of aryl methyl sites for hydroxylation is 2. The van der Waals surface area contributed by atoms with Gasteiger partial charge in [-0.05, 0) is 39.8 Å². The van der Waals surface area contributed by atoms with Gasteiger partial charge in [0.15, 0.2) is 6.61 Å². The molecule has 0 atom stereocenters. The number of H-pyrrole nitrogens is 1. The Hall–Kier alpha value is -3.12. The molecule has 0 radical (unpaired) electrons. The highest BCUT2D eigenvalue weighted by Gasteiger charge is 2.31. The van der Waals surface area contributed by atoms with Crippen molar-refractivity contribution in [1.82, 2.24) is 15.2 Å². The quantitative estimate of drug-likeness (QED) is 0.424. The minimum absolute atomic E-state index is 0.0230. The maximum absolute atomic E-state index is 15.0. The molecule has 33 heavy (non-hydrogen) atoms. The molecule has 0 saturated heterocycles. The number of halogens is 5. The molecule has 2 heterocycles. The largest absolute Gasteiger partial charge is 0.483 e. The Labute approximate surface area is 189 Å². The third-order valence-electron chi connectivity index (χ3n) is 4.45. The monoisotopic (exact) mass is 490 g/mol. The highest BCUT2D eigenvalue weighted by Crippen LogP contribution is 2.35. The molecule has 1 amide bonds. The van der Waals surface area contributed by atoms with E-state index >= 15 is 0 Å². The standard InChI is InChI=1S/C20H19ClF4N4O4/c1-8-14(16(21)29-28-8)26-17(30)11-5-12(22)10(6-13(11)32-7-20(23,24)25)18-27-15(9(2)33-18)19(3,4)31/h5-6,31H,7H2,1-4H3,(H,26,30)(H,28,29). The van der Waals surface area contributed by atoms with Crippen LogP contribution in [0.15, 0.2) is 16.5 Å². The molecule has 3 aromatic rings. The van der Waals surface area contributed by atoms with Gasteiger partial charge in [0.1, 0.15) is 39.5 Å². The van der Waals surface area contributed by atoms with E-state index in [4.69, 9.17) is 20.8 Å². The highest BCUT2D eigenvalue weighted by molar-refractivity contribution is 6.33. The summed E-state index contributed by atoms with van der Waals surface area (Å²) in [5.41, 5.74) is -1.81. The summed E-state index contributed by atoms with van der Waals surface area (Å²) in [7, 11) is 0. The Kier molecular flexibility index (Phi) is 6.44. The van der Waals surface area contributed by atoms with Crippen molar-refractivity contribution < 1.29 is 36.6 Å². The van der Waals surface area contributed by atoms with Gasteiger partial charge in [-0.25, -0.2) is 9.37 Å². The number of hydrogen-bond acceptors (Lipinski definition) is 6. The summed E-state index contributed by atoms with van der Waals surface area (Å²) < 4.78 is 63.5. The summed E-state index contributed by atoms with van der Waals surface area (Å²) in [6, 6.07) is 1.57. The number of amides is 1. The normalized spacial score (nSPS) is 12.2. The first-order valence-corrected chi connectivity index (χ1v) is 9.80. The van der Waals surface area contributed by atoms with E-state index in [9.17, 15) is 27.5 Å². The summed E-state index contributed by atoms with van der Waals surface area (Å²) in [5, 5.41) is 18.7. The van der Waals surface area contributed by atoms with Gasteiger partial charge in [-0.1, -0.05) is 11.6 Å². The molecule has 13 heteroatoms. The molecule has 0 fully saturated rings. The summed E-state index contributed by atoms with van der Waals surface area (Å²) in [4.78, 5) is 16.8. The molecule has 0 saturated carbocycles. The lowest BCUT2D eigenvalue weighted by molar-refractivity contribution is -0.153. The number of anilines is 1. The third kappa shape index (κ3) is 5.45. The number of alkyl halides is 3. The van der Waals surface area contributed by atoms with Crippen LogP contribution in [0.3, 0.4) is 0 Å². The molecule has 0 aliphatic carbocycles. The molecule has 2 aromatic heterocycles. The number of carbonyl (C=O) groups is 1. The first-order chi connectivity index (χ1) is 15.2. The summed E-state index contributed by atoms with van der Waals surface area (Å²) in [5.74, 6) is -2.69. The Morgan fingerprint density at radius 2 is 1.97 bits per heavy atom. The second-order valence-corrected chi connectivity index (χ2v) is 8.04. The number of aromatic amines is 1. The molecule has 1 aromatic carbocycles. The predicted molar refractivity (Wildman–Crippen MR) is 110 cm³/mol. The number of nitrogens with zero attached hydrogens (tertiary/aromatic N) is 2. The van der Waals surface area contributed by atoms with Crippen LogP contribution in [0, 0.1) is 19.7 Å². The van der Waals surface area contributed by atoms with Gasteiger partial charge >= 0.3 is 6.18 Å². The van der Waals surface area contributed by atoms with E-state index in [1.54, 1.807) is 0 Å². The van der Waals surface area contributed by atoms with Crippen LogP contribution in [0.1, 0.15) is 41.4 Å². The fourth-order valence-corrected chi connectivity index (χ4v) is 3.21. The zero-order valence-electron chi connectivity index (χ0n) is 17.8. The first kappa shape index (κ1) is 24.5. The van der Waals surface area contributed by atoms with E-state index in [2.05, 4.69) is 20.5 Å². The van der Waals surface area contributed by atoms with E-state index in [1.165, 1.54) is 27.7 Å². The zero-order chi connectivity index (χ0) is 24.7. The number of benzene rings is 1. The van der Waals surface area contributed by atoms with Crippen molar-refractivity contribution in [3.05, 3.63) is 45.8 Å². The number of oxazole rings is 1. The molecule has 0 bridgehead atoms. The Bertz CT molecular complexity index is 1180. The van der Waals surface area contributed by atoms with Crippen molar-refractivity contribution in [2.45, 2.75) is 39.5 Å². The van der Waals surface area contributed by atoms with Crippen molar-refractivity contribution in [2.75, 3.05) is 11.9 Å². The molecule has 0 spiro atoms. The molecule has 0 aliphatic heterocycles. The number of nitrogens with one attached hydrogen (secondary N) is 2. The van der Waals surface area contributed by atoms with Crippen molar-refractivity contribution in [3.8, 4) is 17.2 Å². The van der Waals surface area contributed by atoms with Gasteiger partial charge in [0.2, 0.25) is 5.89 Å². The highest BCUT2D eigenvalue weighted by atomic mass is 35.5.